The van der Waals surface area contributed by atoms with Crippen molar-refractivity contribution in [3.8, 4) is 0 Å². The van der Waals surface area contributed by atoms with Crippen molar-refractivity contribution in [2.45, 2.75) is 32.2 Å². The number of hydrogen-bond donors (Lipinski definition) is 1. The van der Waals surface area contributed by atoms with Crippen LogP contribution in [0.3, 0.4) is 0 Å². The molecule has 2 heterocycles. The Hall–Kier alpha value is -2.46. The van der Waals surface area contributed by atoms with E-state index in [1.165, 1.54) is 5.56 Å². The molecule has 2 aromatic carbocycles. The molecule has 0 radical (unpaired) electrons. The van der Waals surface area contributed by atoms with Gasteiger partial charge in [-0.05, 0) is 50.6 Å². The molecule has 4 heteroatoms. The molecule has 0 amide bonds. The Morgan fingerprint density at radius 1 is 1.12 bits per heavy atom. The summed E-state index contributed by atoms with van der Waals surface area (Å²) < 4.78 is 0. The summed E-state index contributed by atoms with van der Waals surface area (Å²) in [4.78, 5) is 22.6. The summed E-state index contributed by atoms with van der Waals surface area (Å²) in [5, 5.41) is 0.685. The first-order chi connectivity index (χ1) is 12.2. The number of rotatable bonds is 3. The Bertz CT molecular complexity index is 925. The zero-order chi connectivity index (χ0) is 17.2. The summed E-state index contributed by atoms with van der Waals surface area (Å²) in [6.45, 7) is 5.06. The van der Waals surface area contributed by atoms with E-state index in [1.807, 2.05) is 25.1 Å². The third-order valence-electron chi connectivity index (χ3n) is 5.10. The lowest BCUT2D eigenvalue weighted by atomic mass is 9.95. The molecule has 0 atom stereocenters. The molecule has 1 N–H and O–H groups in total. The standard InChI is InChI=1S/C21H23N3O/c1-15-7-8-19-18(13-15)21(25)23-20(22-19)17-9-11-24(12-10-17)14-16-5-3-2-4-6-16/h2-8,13,17H,9-12,14H2,1H3,(H,22,23,25). The lowest BCUT2D eigenvalue weighted by molar-refractivity contribution is 0.202. The molecule has 0 aliphatic carbocycles. The number of piperidine rings is 1. The van der Waals surface area contributed by atoms with Crippen LogP contribution in [0.15, 0.2) is 53.3 Å². The quantitative estimate of drug-likeness (QED) is 0.796. The number of nitrogens with zero attached hydrogens (tertiary/aromatic N) is 2. The van der Waals surface area contributed by atoms with Crippen LogP contribution in [0.5, 0.6) is 0 Å². The molecule has 1 aliphatic heterocycles. The molecule has 4 rings (SSSR count). The van der Waals surface area contributed by atoms with Crippen LogP contribution in [0.25, 0.3) is 10.9 Å². The van der Waals surface area contributed by atoms with Gasteiger partial charge in [-0.2, -0.15) is 0 Å². The fourth-order valence-electron chi connectivity index (χ4n) is 3.67. The van der Waals surface area contributed by atoms with Crippen LogP contribution >= 0.6 is 0 Å². The van der Waals surface area contributed by atoms with Crippen LogP contribution < -0.4 is 5.56 Å². The molecule has 1 saturated heterocycles. The first-order valence-electron chi connectivity index (χ1n) is 8.96. The van der Waals surface area contributed by atoms with Crippen LogP contribution in [0, 0.1) is 6.92 Å². The van der Waals surface area contributed by atoms with Gasteiger partial charge in [0.05, 0.1) is 10.9 Å². The van der Waals surface area contributed by atoms with E-state index in [4.69, 9.17) is 4.98 Å². The second kappa shape index (κ2) is 6.81. The maximum atomic E-state index is 12.4. The molecule has 128 valence electrons. The highest BCUT2D eigenvalue weighted by atomic mass is 16.1. The number of H-pyrrole nitrogens is 1. The van der Waals surface area contributed by atoms with Crippen LogP contribution in [-0.4, -0.2) is 28.0 Å². The number of likely N-dealkylation sites (tertiary alicyclic amines) is 1. The van der Waals surface area contributed by atoms with Gasteiger partial charge in [0.1, 0.15) is 5.82 Å². The van der Waals surface area contributed by atoms with Gasteiger partial charge < -0.3 is 4.98 Å². The smallest absolute Gasteiger partial charge is 0.258 e. The second-order valence-corrected chi connectivity index (χ2v) is 7.01. The Morgan fingerprint density at radius 3 is 2.64 bits per heavy atom. The summed E-state index contributed by atoms with van der Waals surface area (Å²) in [6, 6.07) is 16.5. The average Bonchev–Trinajstić information content (AvgIpc) is 2.64. The number of aromatic nitrogens is 2. The second-order valence-electron chi connectivity index (χ2n) is 7.01. The van der Waals surface area contributed by atoms with E-state index in [1.54, 1.807) is 0 Å². The topological polar surface area (TPSA) is 49.0 Å². The van der Waals surface area contributed by atoms with Crippen molar-refractivity contribution in [2.75, 3.05) is 13.1 Å². The van der Waals surface area contributed by atoms with Crippen molar-refractivity contribution in [3.05, 3.63) is 75.8 Å². The molecule has 1 fully saturated rings. The Balaban J connectivity index is 1.48. The number of fused-ring (bicyclic) bond motifs is 1. The predicted molar refractivity (Wildman–Crippen MR) is 101 cm³/mol. The number of aryl methyl sites for hydroxylation is 1. The van der Waals surface area contributed by atoms with Crippen molar-refractivity contribution in [1.29, 1.82) is 0 Å². The van der Waals surface area contributed by atoms with Crippen LogP contribution in [-0.2, 0) is 6.54 Å². The largest absolute Gasteiger partial charge is 0.310 e. The van der Waals surface area contributed by atoms with Gasteiger partial charge in [-0.15, -0.1) is 0 Å². The normalized spacial score (nSPS) is 16.4. The van der Waals surface area contributed by atoms with Crippen molar-refractivity contribution < 1.29 is 0 Å². The van der Waals surface area contributed by atoms with Gasteiger partial charge in [0, 0.05) is 12.5 Å². The van der Waals surface area contributed by atoms with Gasteiger partial charge in [0.15, 0.2) is 0 Å². The zero-order valence-electron chi connectivity index (χ0n) is 14.5. The summed E-state index contributed by atoms with van der Waals surface area (Å²) in [5.41, 5.74) is 3.22. The highest BCUT2D eigenvalue weighted by Crippen LogP contribution is 2.26. The third kappa shape index (κ3) is 3.49. The molecule has 1 aliphatic rings. The number of aromatic amines is 1. The van der Waals surface area contributed by atoms with Crippen molar-refractivity contribution >= 4 is 10.9 Å². The molecule has 25 heavy (non-hydrogen) atoms. The molecule has 1 aromatic heterocycles. The van der Waals surface area contributed by atoms with Gasteiger partial charge in [-0.1, -0.05) is 42.0 Å². The summed E-state index contributed by atoms with van der Waals surface area (Å²) >= 11 is 0. The lowest BCUT2D eigenvalue weighted by Gasteiger charge is -2.31. The van der Waals surface area contributed by atoms with E-state index in [0.717, 1.165) is 49.4 Å². The molecule has 0 saturated carbocycles. The van der Waals surface area contributed by atoms with Gasteiger partial charge in [0.2, 0.25) is 0 Å². The molecule has 0 unspecified atom stereocenters. The monoisotopic (exact) mass is 333 g/mol. The van der Waals surface area contributed by atoms with Crippen LogP contribution in [0.4, 0.5) is 0 Å². The number of hydrogen-bond acceptors (Lipinski definition) is 3. The fraction of sp³-hybridized carbons (Fsp3) is 0.333. The number of benzene rings is 2. The minimum Gasteiger partial charge on any atom is -0.310 e. The number of nitrogens with one attached hydrogen (secondary N) is 1. The maximum absolute atomic E-state index is 12.4. The van der Waals surface area contributed by atoms with Crippen LogP contribution in [0.1, 0.15) is 35.7 Å². The Morgan fingerprint density at radius 2 is 1.88 bits per heavy atom. The van der Waals surface area contributed by atoms with Crippen molar-refractivity contribution in [3.63, 3.8) is 0 Å². The highest BCUT2D eigenvalue weighted by molar-refractivity contribution is 5.78. The van der Waals surface area contributed by atoms with Gasteiger partial charge in [-0.25, -0.2) is 4.98 Å². The predicted octanol–water partition coefficient (Wildman–Crippen LogP) is 3.61. The fourth-order valence-corrected chi connectivity index (χ4v) is 3.67. The molecular weight excluding hydrogens is 310 g/mol. The Kier molecular flexibility index (Phi) is 4.36. The van der Waals surface area contributed by atoms with E-state index in [0.29, 0.717) is 11.3 Å². The van der Waals surface area contributed by atoms with E-state index >= 15 is 0 Å². The molecule has 0 spiro atoms. The molecular formula is C21H23N3O. The average molecular weight is 333 g/mol. The van der Waals surface area contributed by atoms with E-state index in [-0.39, 0.29) is 5.56 Å². The zero-order valence-corrected chi connectivity index (χ0v) is 14.5. The third-order valence-corrected chi connectivity index (χ3v) is 5.10. The first kappa shape index (κ1) is 16.0. The van der Waals surface area contributed by atoms with Crippen LogP contribution in [0.2, 0.25) is 0 Å². The van der Waals surface area contributed by atoms with E-state index < -0.39 is 0 Å². The molecule has 3 aromatic rings. The maximum Gasteiger partial charge on any atom is 0.258 e. The van der Waals surface area contributed by atoms with E-state index in [9.17, 15) is 4.79 Å². The van der Waals surface area contributed by atoms with Gasteiger partial charge >= 0.3 is 0 Å². The summed E-state index contributed by atoms with van der Waals surface area (Å²) in [7, 11) is 0. The minimum absolute atomic E-state index is 0.0181. The minimum atomic E-state index is -0.0181. The van der Waals surface area contributed by atoms with Crippen molar-refractivity contribution in [2.24, 2.45) is 0 Å². The molecule has 4 nitrogen and oxygen atoms in total. The van der Waals surface area contributed by atoms with Crippen molar-refractivity contribution in [1.82, 2.24) is 14.9 Å². The van der Waals surface area contributed by atoms with Gasteiger partial charge in [0.25, 0.3) is 5.56 Å². The summed E-state index contributed by atoms with van der Waals surface area (Å²) in [5.74, 6) is 1.19. The van der Waals surface area contributed by atoms with E-state index in [2.05, 4.69) is 40.2 Å². The first-order valence-corrected chi connectivity index (χ1v) is 8.96. The molecule has 0 bridgehead atoms. The van der Waals surface area contributed by atoms with Gasteiger partial charge in [-0.3, -0.25) is 9.69 Å². The Labute approximate surface area is 147 Å². The highest BCUT2D eigenvalue weighted by Gasteiger charge is 2.23. The lowest BCUT2D eigenvalue weighted by Crippen LogP contribution is -2.33. The SMILES string of the molecule is Cc1ccc2nc(C3CCN(Cc4ccccc4)CC3)[nH]c(=O)c2c1. The summed E-state index contributed by atoms with van der Waals surface area (Å²) in [6.07, 6.45) is 2.07.